The first-order chi connectivity index (χ1) is 9.94. The molecule has 1 rings (SSSR count). The van der Waals surface area contributed by atoms with Crippen LogP contribution in [0.3, 0.4) is 0 Å². The Labute approximate surface area is 137 Å². The zero-order valence-electron chi connectivity index (χ0n) is 12.6. The number of carboxylic acid groups (broad SMARTS) is 1. The molecule has 0 spiro atoms. The van der Waals surface area contributed by atoms with Crippen LogP contribution >= 0.6 is 25.3 Å². The highest BCUT2D eigenvalue weighted by Gasteiger charge is 2.48. The summed E-state index contributed by atoms with van der Waals surface area (Å²) in [5, 5.41) is 9.61. The van der Waals surface area contributed by atoms with E-state index in [4.69, 9.17) is 4.74 Å². The maximum atomic E-state index is 12.2. The van der Waals surface area contributed by atoms with Crippen molar-refractivity contribution in [2.75, 3.05) is 6.61 Å². The summed E-state index contributed by atoms with van der Waals surface area (Å²) in [5.74, 6) is -1.63. The fourth-order valence-corrected chi connectivity index (χ4v) is 3.41. The monoisotopic (exact) mass is 334 g/mol. The third-order valence-electron chi connectivity index (χ3n) is 4.18. The number of rotatable bonds is 8. The van der Waals surface area contributed by atoms with Gasteiger partial charge in [-0.05, 0) is 25.7 Å². The lowest BCUT2D eigenvalue weighted by molar-refractivity contribution is -0.171. The quantitative estimate of drug-likeness (QED) is 0.362. The highest BCUT2D eigenvalue weighted by molar-refractivity contribution is 7.85. The van der Waals surface area contributed by atoms with Gasteiger partial charge in [-0.2, -0.15) is 25.3 Å². The van der Waals surface area contributed by atoms with Crippen molar-refractivity contribution < 1.29 is 19.4 Å². The molecular weight excluding hydrogens is 308 g/mol. The minimum Gasteiger partial charge on any atom is -0.480 e. The fourth-order valence-electron chi connectivity index (χ4n) is 2.75. The number of aliphatic carboxylic acids is 1. The van der Waals surface area contributed by atoms with Gasteiger partial charge in [-0.25, -0.2) is 0 Å². The van der Waals surface area contributed by atoms with Crippen molar-refractivity contribution in [3.63, 3.8) is 0 Å². The summed E-state index contributed by atoms with van der Waals surface area (Å²) < 4.78 is 5.24. The van der Waals surface area contributed by atoms with Crippen molar-refractivity contribution in [2.24, 2.45) is 5.41 Å². The predicted molar refractivity (Wildman–Crippen MR) is 89.2 cm³/mol. The standard InChI is InChI=1S/C15H26O4S2/c1-2-6-11(20)12(21)7-10-19-14(18)15(13(16)17)8-4-3-5-9-15/h11-12,20-21H,2-10H2,1H3,(H,16,17). The van der Waals surface area contributed by atoms with E-state index in [0.29, 0.717) is 19.3 Å². The largest absolute Gasteiger partial charge is 0.480 e. The zero-order chi connectivity index (χ0) is 15.9. The van der Waals surface area contributed by atoms with Gasteiger partial charge in [-0.1, -0.05) is 32.6 Å². The van der Waals surface area contributed by atoms with E-state index in [1.807, 2.05) is 0 Å². The average Bonchev–Trinajstić information content (AvgIpc) is 2.47. The number of carbonyl (C=O) groups is 2. The summed E-state index contributed by atoms with van der Waals surface area (Å²) >= 11 is 8.94. The molecule has 1 N–H and O–H groups in total. The maximum Gasteiger partial charge on any atom is 0.323 e. The molecule has 0 aromatic rings. The Hall–Kier alpha value is -0.360. The first-order valence-corrected chi connectivity index (χ1v) is 8.74. The lowest BCUT2D eigenvalue weighted by Crippen LogP contribution is -2.42. The van der Waals surface area contributed by atoms with Crippen LogP contribution in [0.1, 0.15) is 58.3 Å². The van der Waals surface area contributed by atoms with Crippen LogP contribution < -0.4 is 0 Å². The molecule has 0 aliphatic heterocycles. The lowest BCUT2D eigenvalue weighted by atomic mass is 9.74. The van der Waals surface area contributed by atoms with Crippen molar-refractivity contribution in [2.45, 2.75) is 68.8 Å². The molecule has 0 aromatic heterocycles. The van der Waals surface area contributed by atoms with Gasteiger partial charge in [0.25, 0.3) is 0 Å². The number of esters is 1. The Bertz CT molecular complexity index is 354. The predicted octanol–water partition coefficient (Wildman–Crippen LogP) is 3.35. The molecule has 2 atom stereocenters. The number of hydrogen-bond donors (Lipinski definition) is 3. The summed E-state index contributed by atoms with van der Waals surface area (Å²) in [6.45, 7) is 2.30. The topological polar surface area (TPSA) is 63.6 Å². The van der Waals surface area contributed by atoms with Crippen molar-refractivity contribution in [3.8, 4) is 0 Å². The second kappa shape index (κ2) is 8.93. The van der Waals surface area contributed by atoms with Crippen molar-refractivity contribution in [3.05, 3.63) is 0 Å². The molecule has 0 radical (unpaired) electrons. The molecule has 0 bridgehead atoms. The van der Waals surface area contributed by atoms with Gasteiger partial charge in [0.1, 0.15) is 0 Å². The molecule has 1 aliphatic carbocycles. The SMILES string of the molecule is CCCC(S)C(S)CCOC(=O)C1(C(=O)O)CCCCC1. The fraction of sp³-hybridized carbons (Fsp3) is 0.867. The second-order valence-corrected chi connectivity index (χ2v) is 7.12. The molecule has 6 heteroatoms. The highest BCUT2D eigenvalue weighted by atomic mass is 32.1. The molecule has 1 fully saturated rings. The molecule has 2 unspecified atom stereocenters. The molecule has 4 nitrogen and oxygen atoms in total. The second-order valence-electron chi connectivity index (χ2n) is 5.80. The molecule has 21 heavy (non-hydrogen) atoms. The third-order valence-corrected chi connectivity index (χ3v) is 5.65. The third kappa shape index (κ3) is 5.09. The van der Waals surface area contributed by atoms with E-state index >= 15 is 0 Å². The molecule has 1 aliphatic rings. The Morgan fingerprint density at radius 1 is 1.14 bits per heavy atom. The van der Waals surface area contributed by atoms with Gasteiger partial charge < -0.3 is 9.84 Å². The molecule has 0 amide bonds. The maximum absolute atomic E-state index is 12.2. The number of carboxylic acids is 1. The van der Waals surface area contributed by atoms with Crippen LogP contribution in [0.2, 0.25) is 0 Å². The number of ether oxygens (including phenoxy) is 1. The smallest absolute Gasteiger partial charge is 0.323 e. The molecule has 0 saturated heterocycles. The van der Waals surface area contributed by atoms with Crippen LogP contribution in [0.5, 0.6) is 0 Å². The summed E-state index contributed by atoms with van der Waals surface area (Å²) in [4.78, 5) is 23.7. The van der Waals surface area contributed by atoms with E-state index in [1.54, 1.807) is 0 Å². The van der Waals surface area contributed by atoms with E-state index in [2.05, 4.69) is 32.2 Å². The van der Waals surface area contributed by atoms with Crippen LogP contribution in [0, 0.1) is 5.41 Å². The van der Waals surface area contributed by atoms with E-state index in [-0.39, 0.29) is 17.1 Å². The summed E-state index contributed by atoms with van der Waals surface area (Å²) in [5.41, 5.74) is -1.33. The number of thiol groups is 2. The number of hydrogen-bond acceptors (Lipinski definition) is 5. The molecule has 122 valence electrons. The van der Waals surface area contributed by atoms with Crippen LogP contribution in [-0.4, -0.2) is 34.2 Å². The van der Waals surface area contributed by atoms with Gasteiger partial charge >= 0.3 is 11.9 Å². The van der Waals surface area contributed by atoms with Crippen molar-refractivity contribution in [1.29, 1.82) is 0 Å². The zero-order valence-corrected chi connectivity index (χ0v) is 14.4. The van der Waals surface area contributed by atoms with E-state index in [0.717, 1.165) is 32.1 Å². The van der Waals surface area contributed by atoms with Crippen molar-refractivity contribution >= 4 is 37.2 Å². The lowest BCUT2D eigenvalue weighted by Gasteiger charge is -2.30. The molecule has 0 heterocycles. The minimum atomic E-state index is -1.33. The summed E-state index contributed by atoms with van der Waals surface area (Å²) in [6, 6.07) is 0. The Kier molecular flexibility index (Phi) is 7.95. The van der Waals surface area contributed by atoms with Gasteiger partial charge in [-0.15, -0.1) is 0 Å². The van der Waals surface area contributed by atoms with E-state index < -0.39 is 17.4 Å². The average molecular weight is 335 g/mol. The molecular formula is C15H26O4S2. The van der Waals surface area contributed by atoms with Gasteiger partial charge in [0.05, 0.1) is 6.61 Å². The minimum absolute atomic E-state index is 0.0493. The van der Waals surface area contributed by atoms with Crippen LogP contribution in [-0.2, 0) is 14.3 Å². The van der Waals surface area contributed by atoms with Gasteiger partial charge in [0.2, 0.25) is 0 Å². The highest BCUT2D eigenvalue weighted by Crippen LogP contribution is 2.38. The van der Waals surface area contributed by atoms with Crippen molar-refractivity contribution in [1.82, 2.24) is 0 Å². The number of carbonyl (C=O) groups excluding carboxylic acids is 1. The molecule has 1 saturated carbocycles. The van der Waals surface area contributed by atoms with Crippen LogP contribution in [0.4, 0.5) is 0 Å². The Morgan fingerprint density at radius 2 is 1.71 bits per heavy atom. The van der Waals surface area contributed by atoms with Crippen LogP contribution in [0.15, 0.2) is 0 Å². The normalized spacial score (nSPS) is 20.5. The first-order valence-electron chi connectivity index (χ1n) is 7.71. The summed E-state index contributed by atoms with van der Waals surface area (Å²) in [7, 11) is 0. The van der Waals surface area contributed by atoms with E-state index in [9.17, 15) is 14.7 Å². The van der Waals surface area contributed by atoms with Crippen LogP contribution in [0.25, 0.3) is 0 Å². The Balaban J connectivity index is 2.46. The van der Waals surface area contributed by atoms with Gasteiger partial charge in [0, 0.05) is 10.5 Å². The first kappa shape index (κ1) is 18.7. The molecule has 0 aromatic carbocycles. The van der Waals surface area contributed by atoms with Gasteiger partial charge in [-0.3, -0.25) is 9.59 Å². The Morgan fingerprint density at radius 3 is 2.24 bits per heavy atom. The van der Waals surface area contributed by atoms with Gasteiger partial charge in [0.15, 0.2) is 5.41 Å². The van der Waals surface area contributed by atoms with E-state index in [1.165, 1.54) is 0 Å². The summed E-state index contributed by atoms with van der Waals surface area (Å²) in [6.07, 6.45) is 5.89.